The van der Waals surface area contributed by atoms with Crippen LogP contribution in [0, 0.1) is 5.82 Å². The van der Waals surface area contributed by atoms with E-state index in [-0.39, 0.29) is 11.7 Å². The van der Waals surface area contributed by atoms with Crippen molar-refractivity contribution in [2.24, 2.45) is 0 Å². The molecule has 2 aromatic carbocycles. The van der Waals surface area contributed by atoms with E-state index < -0.39 is 0 Å². The van der Waals surface area contributed by atoms with Crippen molar-refractivity contribution in [2.75, 3.05) is 11.9 Å². The van der Waals surface area contributed by atoms with Gasteiger partial charge in [0, 0.05) is 27.8 Å². The summed E-state index contributed by atoms with van der Waals surface area (Å²) in [5.74, 6) is -0.551. The molecule has 0 unspecified atom stereocenters. The topological polar surface area (TPSA) is 20.3 Å². The summed E-state index contributed by atoms with van der Waals surface area (Å²) in [4.78, 5) is 13.7. The predicted molar refractivity (Wildman–Crippen MR) is 78.3 cm³/mol. The minimum absolute atomic E-state index is 0.213. The molecule has 0 aliphatic rings. The number of rotatable bonds is 2. The summed E-state index contributed by atoms with van der Waals surface area (Å²) < 4.78 is 13.6. The van der Waals surface area contributed by atoms with Crippen LogP contribution in [0.1, 0.15) is 10.4 Å². The summed E-state index contributed by atoms with van der Waals surface area (Å²) in [6, 6.07) is 10.7. The second kappa shape index (κ2) is 5.72. The highest BCUT2D eigenvalue weighted by molar-refractivity contribution is 9.10. The summed E-state index contributed by atoms with van der Waals surface area (Å²) in [7, 11) is 1.63. The highest BCUT2D eigenvalue weighted by Crippen LogP contribution is 2.22. The third-order valence-electron chi connectivity index (χ3n) is 2.63. The monoisotopic (exact) mass is 341 g/mol. The van der Waals surface area contributed by atoms with Gasteiger partial charge in [-0.2, -0.15) is 0 Å². The van der Waals surface area contributed by atoms with Gasteiger partial charge in [0.15, 0.2) is 0 Å². The first-order chi connectivity index (χ1) is 8.97. The lowest BCUT2D eigenvalue weighted by atomic mass is 10.2. The maximum atomic E-state index is 12.9. The van der Waals surface area contributed by atoms with Gasteiger partial charge in [0.25, 0.3) is 5.91 Å². The van der Waals surface area contributed by atoms with Gasteiger partial charge in [0.1, 0.15) is 5.82 Å². The summed E-state index contributed by atoms with van der Waals surface area (Å²) in [5, 5.41) is 0.477. The van der Waals surface area contributed by atoms with Crippen molar-refractivity contribution in [1.82, 2.24) is 0 Å². The lowest BCUT2D eigenvalue weighted by Crippen LogP contribution is -2.26. The van der Waals surface area contributed by atoms with Crippen LogP contribution >= 0.6 is 27.5 Å². The Bertz CT molecular complexity index is 595. The number of benzene rings is 2. The molecule has 19 heavy (non-hydrogen) atoms. The van der Waals surface area contributed by atoms with E-state index in [0.29, 0.717) is 16.3 Å². The first-order valence-electron chi connectivity index (χ1n) is 5.47. The molecule has 0 aromatic heterocycles. The molecular weight excluding hydrogens is 333 g/mol. The molecule has 0 saturated heterocycles. The Kier molecular flexibility index (Phi) is 4.22. The van der Waals surface area contributed by atoms with Gasteiger partial charge in [0.2, 0.25) is 0 Å². The van der Waals surface area contributed by atoms with Crippen LogP contribution in [0.5, 0.6) is 0 Å². The quantitative estimate of drug-likeness (QED) is 0.786. The fraction of sp³-hybridized carbons (Fsp3) is 0.0714. The molecule has 0 fully saturated rings. The molecule has 0 aliphatic carbocycles. The molecule has 2 rings (SSSR count). The molecule has 2 aromatic rings. The fourth-order valence-corrected chi connectivity index (χ4v) is 2.51. The van der Waals surface area contributed by atoms with Gasteiger partial charge in [-0.15, -0.1) is 0 Å². The molecule has 0 N–H and O–H groups in total. The van der Waals surface area contributed by atoms with E-state index in [1.165, 1.54) is 17.0 Å². The molecule has 0 heterocycles. The van der Waals surface area contributed by atoms with E-state index in [2.05, 4.69) is 15.9 Å². The third kappa shape index (κ3) is 3.33. The van der Waals surface area contributed by atoms with E-state index in [9.17, 15) is 9.18 Å². The van der Waals surface area contributed by atoms with Crippen LogP contribution in [-0.2, 0) is 0 Å². The van der Waals surface area contributed by atoms with Crippen molar-refractivity contribution < 1.29 is 9.18 Å². The number of carbonyl (C=O) groups is 1. The average Bonchev–Trinajstić information content (AvgIpc) is 2.37. The van der Waals surface area contributed by atoms with Crippen LogP contribution < -0.4 is 4.90 Å². The van der Waals surface area contributed by atoms with Gasteiger partial charge in [-0.25, -0.2) is 4.39 Å². The van der Waals surface area contributed by atoms with Crippen LogP contribution in [0.15, 0.2) is 46.9 Å². The Morgan fingerprint density at radius 3 is 2.42 bits per heavy atom. The van der Waals surface area contributed by atoms with Crippen LogP contribution in [0.3, 0.4) is 0 Å². The summed E-state index contributed by atoms with van der Waals surface area (Å²) in [6.45, 7) is 0. The molecule has 0 aliphatic heterocycles. The number of anilines is 1. The van der Waals surface area contributed by atoms with E-state index in [4.69, 9.17) is 11.6 Å². The minimum Gasteiger partial charge on any atom is -0.311 e. The first kappa shape index (κ1) is 14.0. The van der Waals surface area contributed by atoms with Gasteiger partial charge in [-0.05, 0) is 42.5 Å². The van der Waals surface area contributed by atoms with Gasteiger partial charge in [0.05, 0.1) is 0 Å². The number of nitrogens with zero attached hydrogens (tertiary/aromatic N) is 1. The van der Waals surface area contributed by atoms with Crippen LogP contribution in [-0.4, -0.2) is 13.0 Å². The molecule has 0 spiro atoms. The Hall–Kier alpha value is -1.39. The maximum Gasteiger partial charge on any atom is 0.258 e. The standard InChI is InChI=1S/C14H10BrClFNO/c1-18(13-4-2-12(17)3-5-13)14(19)9-6-10(15)8-11(16)7-9/h2-8H,1H3. The Morgan fingerprint density at radius 1 is 1.21 bits per heavy atom. The Balaban J connectivity index is 2.30. The van der Waals surface area contributed by atoms with E-state index >= 15 is 0 Å². The van der Waals surface area contributed by atoms with Crippen molar-refractivity contribution in [3.8, 4) is 0 Å². The smallest absolute Gasteiger partial charge is 0.258 e. The highest BCUT2D eigenvalue weighted by atomic mass is 79.9. The van der Waals surface area contributed by atoms with Crippen molar-refractivity contribution in [3.63, 3.8) is 0 Å². The number of carbonyl (C=O) groups excluding carboxylic acids is 1. The summed E-state index contributed by atoms with van der Waals surface area (Å²) in [6.07, 6.45) is 0. The van der Waals surface area contributed by atoms with Gasteiger partial charge < -0.3 is 4.90 Å². The first-order valence-corrected chi connectivity index (χ1v) is 6.64. The third-order valence-corrected chi connectivity index (χ3v) is 3.30. The lowest BCUT2D eigenvalue weighted by molar-refractivity contribution is 0.0993. The van der Waals surface area contributed by atoms with Crippen molar-refractivity contribution in [2.45, 2.75) is 0 Å². The van der Waals surface area contributed by atoms with Crippen LogP contribution in [0.25, 0.3) is 0 Å². The van der Waals surface area contributed by atoms with Gasteiger partial charge >= 0.3 is 0 Å². The molecule has 98 valence electrons. The zero-order valence-electron chi connectivity index (χ0n) is 10.0. The van der Waals surface area contributed by atoms with E-state index in [1.54, 1.807) is 37.4 Å². The zero-order valence-corrected chi connectivity index (χ0v) is 12.4. The normalized spacial score (nSPS) is 10.3. The average molecular weight is 343 g/mol. The molecule has 0 radical (unpaired) electrons. The number of halogens is 3. The Labute approximate surface area is 123 Å². The van der Waals surface area contributed by atoms with Crippen molar-refractivity contribution >= 4 is 39.1 Å². The molecular formula is C14H10BrClFNO. The fourth-order valence-electron chi connectivity index (χ4n) is 1.65. The second-order valence-electron chi connectivity index (χ2n) is 4.00. The molecule has 0 atom stereocenters. The molecule has 1 amide bonds. The summed E-state index contributed by atoms with van der Waals surface area (Å²) in [5.41, 5.74) is 1.08. The number of amides is 1. The molecule has 5 heteroatoms. The largest absolute Gasteiger partial charge is 0.311 e. The number of hydrogen-bond acceptors (Lipinski definition) is 1. The van der Waals surface area contributed by atoms with E-state index in [1.807, 2.05) is 0 Å². The predicted octanol–water partition coefficient (Wildman–Crippen LogP) is 4.52. The Morgan fingerprint density at radius 2 is 1.84 bits per heavy atom. The van der Waals surface area contributed by atoms with E-state index in [0.717, 1.165) is 4.47 Å². The minimum atomic E-state index is -0.338. The van der Waals surface area contributed by atoms with Crippen LogP contribution in [0.2, 0.25) is 5.02 Å². The SMILES string of the molecule is CN(C(=O)c1cc(Cl)cc(Br)c1)c1ccc(F)cc1. The second-order valence-corrected chi connectivity index (χ2v) is 5.35. The number of hydrogen-bond donors (Lipinski definition) is 0. The summed E-state index contributed by atoms with van der Waals surface area (Å²) >= 11 is 9.21. The highest BCUT2D eigenvalue weighted by Gasteiger charge is 2.14. The van der Waals surface area contributed by atoms with Gasteiger partial charge in [-0.3, -0.25) is 4.79 Å². The van der Waals surface area contributed by atoms with Crippen molar-refractivity contribution in [1.29, 1.82) is 0 Å². The molecule has 2 nitrogen and oxygen atoms in total. The zero-order chi connectivity index (χ0) is 14.0. The van der Waals surface area contributed by atoms with Crippen LogP contribution in [0.4, 0.5) is 10.1 Å². The van der Waals surface area contributed by atoms with Crippen molar-refractivity contribution in [3.05, 3.63) is 63.3 Å². The van der Waals surface area contributed by atoms with Gasteiger partial charge in [-0.1, -0.05) is 27.5 Å². The maximum absolute atomic E-state index is 12.9. The molecule has 0 saturated carbocycles. The lowest BCUT2D eigenvalue weighted by Gasteiger charge is -2.17. The molecule has 0 bridgehead atoms.